The summed E-state index contributed by atoms with van der Waals surface area (Å²) in [7, 11) is 0. The topological polar surface area (TPSA) is 23.6 Å². The first-order chi connectivity index (χ1) is 17.5. The van der Waals surface area contributed by atoms with Gasteiger partial charge in [0.2, 0.25) is 0 Å². The van der Waals surface area contributed by atoms with Crippen LogP contribution in [0.3, 0.4) is 0 Å². The molecule has 2 aliphatic rings. The summed E-state index contributed by atoms with van der Waals surface area (Å²) in [4.78, 5) is 18.4. The van der Waals surface area contributed by atoms with E-state index in [1.807, 2.05) is 29.2 Å². The summed E-state index contributed by atoms with van der Waals surface area (Å²) >= 11 is 18.5. The van der Waals surface area contributed by atoms with E-state index in [9.17, 15) is 4.79 Å². The molecule has 1 aliphatic heterocycles. The molecule has 6 heteroatoms. The lowest BCUT2D eigenvalue weighted by Crippen LogP contribution is -2.51. The third-order valence-corrected chi connectivity index (χ3v) is 8.77. The largest absolute Gasteiger partial charge is 0.305 e. The molecule has 1 aliphatic carbocycles. The van der Waals surface area contributed by atoms with Crippen molar-refractivity contribution in [2.45, 2.75) is 56.5 Å². The highest BCUT2D eigenvalue weighted by Gasteiger charge is 2.36. The zero-order valence-electron chi connectivity index (χ0n) is 20.3. The van der Waals surface area contributed by atoms with E-state index in [0.717, 1.165) is 31.6 Å². The second kappa shape index (κ2) is 11.6. The number of amides is 1. The SMILES string of the molecule is O=C(c1ccc(Cl)c(Cl)c1)N(c1ccc(Cl)cc1)C1CCN([C@@H]2CCCC[C@@H]2c2ccccc2)CC1. The Hall–Kier alpha value is -2.04. The van der Waals surface area contributed by atoms with Crippen LogP contribution in [0, 0.1) is 0 Å². The van der Waals surface area contributed by atoms with Gasteiger partial charge in [-0.25, -0.2) is 0 Å². The lowest BCUT2D eigenvalue weighted by Gasteiger charge is -2.45. The van der Waals surface area contributed by atoms with E-state index in [1.165, 1.54) is 31.2 Å². The maximum Gasteiger partial charge on any atom is 0.258 e. The van der Waals surface area contributed by atoms with Gasteiger partial charge in [-0.15, -0.1) is 0 Å². The van der Waals surface area contributed by atoms with Crippen molar-refractivity contribution >= 4 is 46.4 Å². The predicted molar refractivity (Wildman–Crippen MR) is 151 cm³/mol. The maximum absolute atomic E-state index is 13.8. The molecule has 1 amide bonds. The van der Waals surface area contributed by atoms with Crippen LogP contribution < -0.4 is 4.90 Å². The minimum absolute atomic E-state index is 0.0610. The Kier molecular flexibility index (Phi) is 8.22. The van der Waals surface area contributed by atoms with Crippen LogP contribution in [0.2, 0.25) is 15.1 Å². The van der Waals surface area contributed by atoms with Crippen LogP contribution in [0.15, 0.2) is 72.8 Å². The first kappa shape index (κ1) is 25.6. The van der Waals surface area contributed by atoms with E-state index in [1.54, 1.807) is 18.2 Å². The van der Waals surface area contributed by atoms with Crippen LogP contribution in [0.5, 0.6) is 0 Å². The van der Waals surface area contributed by atoms with Gasteiger partial charge in [0.25, 0.3) is 5.91 Å². The number of hydrogen-bond acceptors (Lipinski definition) is 2. The molecule has 1 saturated carbocycles. The number of benzene rings is 3. The van der Waals surface area contributed by atoms with Crippen molar-refractivity contribution in [2.75, 3.05) is 18.0 Å². The molecule has 1 heterocycles. The van der Waals surface area contributed by atoms with E-state index in [4.69, 9.17) is 34.8 Å². The van der Waals surface area contributed by atoms with Gasteiger partial charge < -0.3 is 4.90 Å². The van der Waals surface area contributed by atoms with Gasteiger partial charge in [0.05, 0.1) is 10.0 Å². The van der Waals surface area contributed by atoms with Gasteiger partial charge in [-0.2, -0.15) is 0 Å². The number of piperidine rings is 1. The summed E-state index contributed by atoms with van der Waals surface area (Å²) in [6, 6.07) is 24.3. The molecular formula is C30H31Cl3N2O. The molecule has 3 aromatic rings. The first-order valence-electron chi connectivity index (χ1n) is 12.8. The normalized spacial score (nSPS) is 21.3. The highest BCUT2D eigenvalue weighted by molar-refractivity contribution is 6.42. The Morgan fingerprint density at radius 1 is 0.778 bits per heavy atom. The van der Waals surface area contributed by atoms with E-state index >= 15 is 0 Å². The van der Waals surface area contributed by atoms with Gasteiger partial charge in [-0.05, 0) is 79.6 Å². The van der Waals surface area contributed by atoms with Crippen molar-refractivity contribution in [3.63, 3.8) is 0 Å². The van der Waals surface area contributed by atoms with Gasteiger partial charge in [0.15, 0.2) is 0 Å². The number of carbonyl (C=O) groups excluding carboxylic acids is 1. The fourth-order valence-corrected chi connectivity index (χ4v) is 6.40. The molecule has 2 atom stereocenters. The molecule has 5 rings (SSSR count). The average Bonchev–Trinajstić information content (AvgIpc) is 2.92. The minimum atomic E-state index is -0.0610. The zero-order valence-corrected chi connectivity index (χ0v) is 22.5. The lowest BCUT2D eigenvalue weighted by atomic mass is 9.78. The molecule has 0 aromatic heterocycles. The highest BCUT2D eigenvalue weighted by Crippen LogP contribution is 2.38. The Labute approximate surface area is 229 Å². The Morgan fingerprint density at radius 3 is 2.17 bits per heavy atom. The number of halogens is 3. The Bertz CT molecular complexity index is 1180. The summed E-state index contributed by atoms with van der Waals surface area (Å²) in [5.74, 6) is 0.524. The molecular weight excluding hydrogens is 511 g/mol. The Morgan fingerprint density at radius 2 is 1.47 bits per heavy atom. The van der Waals surface area contributed by atoms with Crippen LogP contribution in [0.4, 0.5) is 5.69 Å². The van der Waals surface area contributed by atoms with Crippen molar-refractivity contribution in [1.29, 1.82) is 0 Å². The fourth-order valence-electron chi connectivity index (χ4n) is 5.98. The van der Waals surface area contributed by atoms with Crippen LogP contribution in [-0.2, 0) is 0 Å². The fraction of sp³-hybridized carbons (Fsp3) is 0.367. The van der Waals surface area contributed by atoms with Crippen LogP contribution >= 0.6 is 34.8 Å². The molecule has 3 aromatic carbocycles. The Balaban J connectivity index is 1.36. The van der Waals surface area contributed by atoms with Gasteiger partial charge in [-0.3, -0.25) is 9.69 Å². The molecule has 0 spiro atoms. The number of anilines is 1. The van der Waals surface area contributed by atoms with Crippen molar-refractivity contribution in [3.05, 3.63) is 99.0 Å². The third-order valence-electron chi connectivity index (χ3n) is 7.78. The first-order valence-corrected chi connectivity index (χ1v) is 14.0. The lowest BCUT2D eigenvalue weighted by molar-refractivity contribution is 0.0895. The molecule has 1 saturated heterocycles. The number of carbonyl (C=O) groups is 1. The standard InChI is InChI=1S/C30H31Cl3N2O/c31-23-11-13-24(14-12-23)35(30(36)22-10-15-27(32)28(33)20-22)25-16-18-34(19-17-25)29-9-5-4-8-26(29)21-6-2-1-3-7-21/h1-3,6-7,10-15,20,25-26,29H,4-5,8-9,16-19H2/t26-,29-/m1/s1. The smallest absolute Gasteiger partial charge is 0.258 e. The van der Waals surface area contributed by atoms with Crippen molar-refractivity contribution in [3.8, 4) is 0 Å². The molecule has 0 N–H and O–H groups in total. The van der Waals surface area contributed by atoms with E-state index < -0.39 is 0 Å². The minimum Gasteiger partial charge on any atom is -0.305 e. The van der Waals surface area contributed by atoms with Gasteiger partial charge in [0, 0.05) is 41.4 Å². The van der Waals surface area contributed by atoms with Crippen molar-refractivity contribution in [2.24, 2.45) is 0 Å². The second-order valence-corrected chi connectivity index (χ2v) is 11.2. The summed E-state index contributed by atoms with van der Waals surface area (Å²) in [5.41, 5.74) is 2.86. The van der Waals surface area contributed by atoms with Crippen LogP contribution in [0.25, 0.3) is 0 Å². The molecule has 36 heavy (non-hydrogen) atoms. The number of hydrogen-bond donors (Lipinski definition) is 0. The van der Waals surface area contributed by atoms with Crippen LogP contribution in [0.1, 0.15) is 60.4 Å². The quantitative estimate of drug-likeness (QED) is 0.323. The summed E-state index contributed by atoms with van der Waals surface area (Å²) in [5, 5.41) is 1.48. The third kappa shape index (κ3) is 5.60. The van der Waals surface area contributed by atoms with Crippen molar-refractivity contribution < 1.29 is 4.79 Å². The monoisotopic (exact) mass is 540 g/mol. The van der Waals surface area contributed by atoms with Gasteiger partial charge in [0.1, 0.15) is 0 Å². The van der Waals surface area contributed by atoms with Crippen LogP contribution in [-0.4, -0.2) is 36.0 Å². The number of rotatable bonds is 5. The summed E-state index contributed by atoms with van der Waals surface area (Å²) < 4.78 is 0. The summed E-state index contributed by atoms with van der Waals surface area (Å²) in [6.45, 7) is 1.97. The summed E-state index contributed by atoms with van der Waals surface area (Å²) in [6.07, 6.45) is 6.94. The predicted octanol–water partition coefficient (Wildman–Crippen LogP) is 8.48. The molecule has 188 valence electrons. The molecule has 2 fully saturated rings. The highest BCUT2D eigenvalue weighted by atomic mass is 35.5. The second-order valence-electron chi connectivity index (χ2n) is 9.92. The van der Waals surface area contributed by atoms with Gasteiger partial charge >= 0.3 is 0 Å². The zero-order chi connectivity index (χ0) is 25.1. The average molecular weight is 542 g/mol. The van der Waals surface area contributed by atoms with E-state index in [0.29, 0.717) is 32.6 Å². The maximum atomic E-state index is 13.8. The molecule has 0 unspecified atom stereocenters. The molecule has 3 nitrogen and oxygen atoms in total. The van der Waals surface area contributed by atoms with E-state index in [2.05, 4.69) is 35.2 Å². The molecule has 0 radical (unpaired) electrons. The van der Waals surface area contributed by atoms with Crippen molar-refractivity contribution in [1.82, 2.24) is 4.90 Å². The molecule has 0 bridgehead atoms. The van der Waals surface area contributed by atoms with Gasteiger partial charge in [-0.1, -0.05) is 78.0 Å². The number of likely N-dealkylation sites (tertiary alicyclic amines) is 1. The van der Waals surface area contributed by atoms with E-state index in [-0.39, 0.29) is 11.9 Å². The number of nitrogens with zero attached hydrogens (tertiary/aromatic N) is 2.